The molecule has 0 fully saturated rings. The monoisotopic (exact) mass is 325 g/mol. The molecule has 1 atom stereocenters. The Hall–Kier alpha value is -2.69. The smallest absolute Gasteiger partial charge is 0.271 e. The van der Waals surface area contributed by atoms with E-state index in [0.29, 0.717) is 17.2 Å². The van der Waals surface area contributed by atoms with Crippen LogP contribution in [0.15, 0.2) is 53.2 Å². The molecule has 0 heterocycles. The van der Waals surface area contributed by atoms with Crippen molar-refractivity contribution in [2.24, 2.45) is 11.0 Å². The highest BCUT2D eigenvalue weighted by Crippen LogP contribution is 2.26. The molecule has 0 saturated carbocycles. The lowest BCUT2D eigenvalue weighted by Crippen LogP contribution is -2.23. The Balaban J connectivity index is 2.03. The average Bonchev–Trinajstić information content (AvgIpc) is 2.53. The van der Waals surface area contributed by atoms with Crippen LogP contribution in [-0.2, 0) is 4.79 Å². The number of carbonyl (C=O) groups is 2. The molecule has 0 radical (unpaired) electrons. The summed E-state index contributed by atoms with van der Waals surface area (Å²) in [5, 5.41) is 6.94. The van der Waals surface area contributed by atoms with E-state index in [4.69, 9.17) is 0 Å². The lowest BCUT2D eigenvalue weighted by Gasteiger charge is -2.22. The van der Waals surface area contributed by atoms with Gasteiger partial charge in [0, 0.05) is 18.2 Å². The summed E-state index contributed by atoms with van der Waals surface area (Å²) < 4.78 is 0. The molecule has 0 aromatic heterocycles. The molecule has 1 unspecified atom stereocenters. The molecular weight excluding hydrogens is 302 g/mol. The number of nitrogens with zero attached hydrogens (tertiary/aromatic N) is 1. The van der Waals surface area contributed by atoms with Crippen LogP contribution < -0.4 is 10.7 Å². The predicted molar refractivity (Wildman–Crippen MR) is 96.9 cm³/mol. The molecule has 5 heteroatoms. The van der Waals surface area contributed by atoms with Crippen LogP contribution in [0.25, 0.3) is 0 Å². The second kappa shape index (κ2) is 7.73. The normalized spacial score (nSPS) is 18.7. The van der Waals surface area contributed by atoms with Crippen LogP contribution in [0.1, 0.15) is 44.0 Å². The van der Waals surface area contributed by atoms with Crippen molar-refractivity contribution in [1.82, 2.24) is 5.43 Å². The first-order valence-electron chi connectivity index (χ1n) is 7.94. The number of allylic oxidation sites excluding steroid dienone is 3. The Bertz CT molecular complexity index is 715. The zero-order valence-corrected chi connectivity index (χ0v) is 14.3. The molecule has 2 amide bonds. The number of rotatable bonds is 4. The maximum Gasteiger partial charge on any atom is 0.271 e. The van der Waals surface area contributed by atoms with Gasteiger partial charge in [-0.05, 0) is 62.4 Å². The quantitative estimate of drug-likeness (QED) is 0.655. The number of hydrogen-bond acceptors (Lipinski definition) is 3. The van der Waals surface area contributed by atoms with Gasteiger partial charge >= 0.3 is 0 Å². The molecule has 0 spiro atoms. The predicted octanol–water partition coefficient (Wildman–Crippen LogP) is 3.66. The molecular formula is C19H23N3O2. The highest BCUT2D eigenvalue weighted by molar-refractivity contribution is 6.02. The fraction of sp³-hybridized carbons (Fsp3) is 0.316. The first kappa shape index (κ1) is 17.7. The molecule has 1 aromatic carbocycles. The summed E-state index contributed by atoms with van der Waals surface area (Å²) >= 11 is 0. The van der Waals surface area contributed by atoms with Crippen molar-refractivity contribution in [2.75, 3.05) is 5.32 Å². The molecule has 126 valence electrons. The van der Waals surface area contributed by atoms with Crippen molar-refractivity contribution < 1.29 is 9.59 Å². The topological polar surface area (TPSA) is 70.6 Å². The van der Waals surface area contributed by atoms with Gasteiger partial charge in [-0.25, -0.2) is 5.43 Å². The summed E-state index contributed by atoms with van der Waals surface area (Å²) in [6, 6.07) is 6.68. The first-order valence-corrected chi connectivity index (χ1v) is 7.94. The van der Waals surface area contributed by atoms with E-state index in [1.54, 1.807) is 24.3 Å². The second-order valence-electron chi connectivity index (χ2n) is 6.13. The zero-order chi connectivity index (χ0) is 17.7. The van der Waals surface area contributed by atoms with Gasteiger partial charge in [0.2, 0.25) is 5.91 Å². The van der Waals surface area contributed by atoms with E-state index in [-0.39, 0.29) is 11.8 Å². The van der Waals surface area contributed by atoms with E-state index in [0.717, 1.165) is 29.7 Å². The van der Waals surface area contributed by atoms with Crippen molar-refractivity contribution in [3.05, 3.63) is 53.6 Å². The van der Waals surface area contributed by atoms with Crippen LogP contribution in [0.4, 0.5) is 5.69 Å². The third-order valence-corrected chi connectivity index (χ3v) is 4.06. The van der Waals surface area contributed by atoms with Gasteiger partial charge in [-0.15, -0.1) is 0 Å². The maximum absolute atomic E-state index is 12.2. The SMILES string of the molecule is C=C(C)C1CC=C(C)C(=NNC(=O)c2ccc(NC(C)=O)cc2)C1. The van der Waals surface area contributed by atoms with E-state index in [1.165, 1.54) is 6.92 Å². The summed E-state index contributed by atoms with van der Waals surface area (Å²) in [7, 11) is 0. The van der Waals surface area contributed by atoms with Gasteiger partial charge in [0.25, 0.3) is 5.91 Å². The number of anilines is 1. The molecule has 0 saturated heterocycles. The van der Waals surface area contributed by atoms with Crippen molar-refractivity contribution in [3.8, 4) is 0 Å². The molecule has 5 nitrogen and oxygen atoms in total. The van der Waals surface area contributed by atoms with Gasteiger partial charge in [0.15, 0.2) is 0 Å². The maximum atomic E-state index is 12.2. The molecule has 0 aliphatic heterocycles. The average molecular weight is 325 g/mol. The standard InChI is InChI=1S/C19H23N3O2/c1-12(2)16-6-5-13(3)18(11-16)21-22-19(24)15-7-9-17(10-8-15)20-14(4)23/h5,7-10,16H,1,6,11H2,2-4H3,(H,20,23)(H,22,24). The Morgan fingerprint density at radius 2 is 1.88 bits per heavy atom. The number of hydrazone groups is 1. The first-order chi connectivity index (χ1) is 11.4. The van der Waals surface area contributed by atoms with Gasteiger partial charge in [0.05, 0.1) is 5.71 Å². The molecule has 2 N–H and O–H groups in total. The van der Waals surface area contributed by atoms with Crippen molar-refractivity contribution in [2.45, 2.75) is 33.6 Å². The minimum atomic E-state index is -0.276. The van der Waals surface area contributed by atoms with E-state index >= 15 is 0 Å². The number of carbonyl (C=O) groups excluding carboxylic acids is 2. The Labute approximate surface area is 142 Å². The van der Waals surface area contributed by atoms with Crippen LogP contribution >= 0.6 is 0 Å². The minimum Gasteiger partial charge on any atom is -0.326 e. The highest BCUT2D eigenvalue weighted by Gasteiger charge is 2.18. The Kier molecular flexibility index (Phi) is 5.68. The van der Waals surface area contributed by atoms with E-state index in [1.807, 2.05) is 13.8 Å². The third-order valence-electron chi connectivity index (χ3n) is 4.06. The lowest BCUT2D eigenvalue weighted by molar-refractivity contribution is -0.114. The fourth-order valence-electron chi connectivity index (χ4n) is 2.51. The molecule has 2 rings (SSSR count). The van der Waals surface area contributed by atoms with Crippen LogP contribution in [-0.4, -0.2) is 17.5 Å². The van der Waals surface area contributed by atoms with Crippen molar-refractivity contribution >= 4 is 23.2 Å². The van der Waals surface area contributed by atoms with Crippen LogP contribution in [0.3, 0.4) is 0 Å². The van der Waals surface area contributed by atoms with Gasteiger partial charge in [0.1, 0.15) is 0 Å². The molecule has 1 aliphatic carbocycles. The minimum absolute atomic E-state index is 0.148. The summed E-state index contributed by atoms with van der Waals surface area (Å²) in [5.74, 6) is -0.0476. The summed E-state index contributed by atoms with van der Waals surface area (Å²) in [6.07, 6.45) is 3.90. The van der Waals surface area contributed by atoms with Crippen molar-refractivity contribution in [1.29, 1.82) is 0 Å². The van der Waals surface area contributed by atoms with Gasteiger partial charge < -0.3 is 5.32 Å². The molecule has 1 aliphatic rings. The summed E-state index contributed by atoms with van der Waals surface area (Å²) in [6.45, 7) is 9.47. The van der Waals surface area contributed by atoms with Gasteiger partial charge in [-0.3, -0.25) is 9.59 Å². The van der Waals surface area contributed by atoms with E-state index in [9.17, 15) is 9.59 Å². The number of amides is 2. The largest absolute Gasteiger partial charge is 0.326 e. The molecule has 24 heavy (non-hydrogen) atoms. The number of nitrogens with one attached hydrogen (secondary N) is 2. The van der Waals surface area contributed by atoms with Crippen molar-refractivity contribution in [3.63, 3.8) is 0 Å². The van der Waals surface area contributed by atoms with Crippen LogP contribution in [0.5, 0.6) is 0 Å². The van der Waals surface area contributed by atoms with E-state index in [2.05, 4.69) is 28.5 Å². The lowest BCUT2D eigenvalue weighted by atomic mass is 9.85. The Morgan fingerprint density at radius 3 is 2.46 bits per heavy atom. The molecule has 1 aromatic rings. The summed E-state index contributed by atoms with van der Waals surface area (Å²) in [5.41, 5.74) is 6.86. The molecule has 0 bridgehead atoms. The van der Waals surface area contributed by atoms with Crippen LogP contribution in [0, 0.1) is 5.92 Å². The van der Waals surface area contributed by atoms with Crippen LogP contribution in [0.2, 0.25) is 0 Å². The van der Waals surface area contributed by atoms with Gasteiger partial charge in [-0.2, -0.15) is 5.10 Å². The second-order valence-corrected chi connectivity index (χ2v) is 6.13. The summed E-state index contributed by atoms with van der Waals surface area (Å²) in [4.78, 5) is 23.2. The highest BCUT2D eigenvalue weighted by atomic mass is 16.2. The Morgan fingerprint density at radius 1 is 1.21 bits per heavy atom. The fourth-order valence-corrected chi connectivity index (χ4v) is 2.51. The van der Waals surface area contributed by atoms with E-state index < -0.39 is 0 Å². The zero-order valence-electron chi connectivity index (χ0n) is 14.3. The number of hydrogen-bond donors (Lipinski definition) is 2. The van der Waals surface area contributed by atoms with Gasteiger partial charge in [-0.1, -0.05) is 18.2 Å². The number of benzene rings is 1. The third kappa shape index (κ3) is 4.65.